The molecule has 6 heteroatoms. The fourth-order valence-electron chi connectivity index (χ4n) is 1.37. The second-order valence-electron chi connectivity index (χ2n) is 3.51. The number of nitriles is 1. The standard InChI is InChI=1S/C10H14N4O2/c1-5-6(4-7(12)10(13)14-5)9(16)8(15)2-3-11/h4,8-9,15-16H,2,12H2,1H3,(H2,13,14). The van der Waals surface area contributed by atoms with Crippen molar-refractivity contribution in [1.82, 2.24) is 4.98 Å². The highest BCUT2D eigenvalue weighted by Crippen LogP contribution is 2.25. The monoisotopic (exact) mass is 222 g/mol. The lowest BCUT2D eigenvalue weighted by Gasteiger charge is -2.18. The van der Waals surface area contributed by atoms with E-state index in [1.807, 2.05) is 0 Å². The minimum Gasteiger partial charge on any atom is -0.396 e. The molecule has 1 heterocycles. The van der Waals surface area contributed by atoms with Gasteiger partial charge >= 0.3 is 0 Å². The van der Waals surface area contributed by atoms with Crippen LogP contribution in [0.4, 0.5) is 11.5 Å². The zero-order chi connectivity index (χ0) is 12.3. The number of pyridine rings is 1. The molecule has 16 heavy (non-hydrogen) atoms. The molecule has 0 aliphatic heterocycles. The van der Waals surface area contributed by atoms with Crippen LogP contribution in [0.2, 0.25) is 0 Å². The summed E-state index contributed by atoms with van der Waals surface area (Å²) in [6, 6.07) is 3.24. The summed E-state index contributed by atoms with van der Waals surface area (Å²) in [4.78, 5) is 3.94. The number of aryl methyl sites for hydroxylation is 1. The first-order valence-electron chi connectivity index (χ1n) is 4.73. The van der Waals surface area contributed by atoms with Crippen LogP contribution in [0.15, 0.2) is 6.07 Å². The van der Waals surface area contributed by atoms with Crippen LogP contribution >= 0.6 is 0 Å². The van der Waals surface area contributed by atoms with E-state index in [0.717, 1.165) is 0 Å². The number of nitrogens with zero attached hydrogens (tertiary/aromatic N) is 2. The van der Waals surface area contributed by atoms with Gasteiger partial charge in [-0.2, -0.15) is 5.26 Å². The Morgan fingerprint density at radius 2 is 2.12 bits per heavy atom. The summed E-state index contributed by atoms with van der Waals surface area (Å²) >= 11 is 0. The predicted octanol–water partition coefficient (Wildman–Crippen LogP) is -0.138. The average Bonchev–Trinajstić information content (AvgIpc) is 2.23. The number of anilines is 2. The van der Waals surface area contributed by atoms with Crippen LogP contribution in [-0.4, -0.2) is 21.3 Å². The molecule has 2 unspecified atom stereocenters. The van der Waals surface area contributed by atoms with Crippen LogP contribution < -0.4 is 11.5 Å². The van der Waals surface area contributed by atoms with Gasteiger partial charge in [-0.25, -0.2) is 4.98 Å². The minimum atomic E-state index is -1.19. The van der Waals surface area contributed by atoms with Crippen LogP contribution in [0.5, 0.6) is 0 Å². The molecule has 0 saturated heterocycles. The molecule has 0 bridgehead atoms. The Bertz CT molecular complexity index is 428. The first-order chi connectivity index (χ1) is 7.47. The number of aromatic nitrogens is 1. The molecule has 6 nitrogen and oxygen atoms in total. The molecule has 1 aromatic heterocycles. The molecule has 0 aliphatic carbocycles. The number of nitrogen functional groups attached to an aromatic ring is 2. The van der Waals surface area contributed by atoms with Gasteiger partial charge in [0.25, 0.3) is 0 Å². The maximum atomic E-state index is 9.78. The number of nitrogens with two attached hydrogens (primary N) is 2. The third-order valence-electron chi connectivity index (χ3n) is 2.30. The van der Waals surface area contributed by atoms with E-state index in [2.05, 4.69) is 4.98 Å². The third kappa shape index (κ3) is 2.39. The molecule has 0 spiro atoms. The Labute approximate surface area is 93.1 Å². The largest absolute Gasteiger partial charge is 0.396 e. The van der Waals surface area contributed by atoms with Crippen molar-refractivity contribution in [3.63, 3.8) is 0 Å². The lowest BCUT2D eigenvalue weighted by atomic mass is 10.0. The van der Waals surface area contributed by atoms with Crippen molar-refractivity contribution in [2.75, 3.05) is 11.5 Å². The Hall–Kier alpha value is -1.84. The molecule has 2 atom stereocenters. The third-order valence-corrected chi connectivity index (χ3v) is 2.30. The van der Waals surface area contributed by atoms with Crippen molar-refractivity contribution in [3.05, 3.63) is 17.3 Å². The van der Waals surface area contributed by atoms with E-state index < -0.39 is 12.2 Å². The van der Waals surface area contributed by atoms with Crippen LogP contribution in [0.1, 0.15) is 23.8 Å². The van der Waals surface area contributed by atoms with E-state index in [1.54, 1.807) is 13.0 Å². The van der Waals surface area contributed by atoms with Crippen LogP contribution in [0.25, 0.3) is 0 Å². The van der Waals surface area contributed by atoms with Crippen molar-refractivity contribution in [1.29, 1.82) is 5.26 Å². The van der Waals surface area contributed by atoms with Crippen LogP contribution in [0, 0.1) is 18.3 Å². The van der Waals surface area contributed by atoms with Gasteiger partial charge in [-0.15, -0.1) is 0 Å². The number of hydrogen-bond acceptors (Lipinski definition) is 6. The molecule has 0 aliphatic rings. The van der Waals surface area contributed by atoms with Crippen molar-refractivity contribution < 1.29 is 10.2 Å². The van der Waals surface area contributed by atoms with Crippen molar-refractivity contribution in [2.45, 2.75) is 25.6 Å². The maximum absolute atomic E-state index is 9.78. The van der Waals surface area contributed by atoms with Gasteiger partial charge in [-0.05, 0) is 13.0 Å². The SMILES string of the molecule is Cc1nc(N)c(N)cc1C(O)C(O)CC#N. The molecule has 0 aromatic carbocycles. The summed E-state index contributed by atoms with van der Waals surface area (Å²) in [7, 11) is 0. The molecular formula is C10H14N4O2. The summed E-state index contributed by atoms with van der Waals surface area (Å²) in [6.45, 7) is 1.65. The number of aliphatic hydroxyl groups excluding tert-OH is 2. The first kappa shape index (κ1) is 12.2. The lowest BCUT2D eigenvalue weighted by molar-refractivity contribution is 0.0211. The molecule has 0 amide bonds. The quantitative estimate of drug-likeness (QED) is 0.563. The van der Waals surface area contributed by atoms with Gasteiger partial charge < -0.3 is 21.7 Å². The first-order valence-corrected chi connectivity index (χ1v) is 4.73. The molecule has 1 aromatic rings. The predicted molar refractivity (Wildman–Crippen MR) is 59.0 cm³/mol. The second-order valence-corrected chi connectivity index (χ2v) is 3.51. The highest BCUT2D eigenvalue weighted by molar-refractivity contribution is 5.60. The zero-order valence-electron chi connectivity index (χ0n) is 8.88. The summed E-state index contributed by atoms with van der Waals surface area (Å²) in [6.07, 6.45) is -2.51. The highest BCUT2D eigenvalue weighted by atomic mass is 16.3. The Balaban J connectivity index is 3.04. The van der Waals surface area contributed by atoms with E-state index in [0.29, 0.717) is 11.3 Å². The Kier molecular flexibility index (Phi) is 3.66. The number of aliphatic hydroxyl groups is 2. The molecule has 1 rings (SSSR count). The van der Waals surface area contributed by atoms with Crippen molar-refractivity contribution in [2.24, 2.45) is 0 Å². The van der Waals surface area contributed by atoms with Gasteiger partial charge in [0, 0.05) is 11.3 Å². The van der Waals surface area contributed by atoms with E-state index >= 15 is 0 Å². The number of rotatable bonds is 3. The van der Waals surface area contributed by atoms with Crippen molar-refractivity contribution in [3.8, 4) is 6.07 Å². The van der Waals surface area contributed by atoms with Gasteiger partial charge in [0.1, 0.15) is 11.9 Å². The van der Waals surface area contributed by atoms with Crippen LogP contribution in [-0.2, 0) is 0 Å². The van der Waals surface area contributed by atoms with Gasteiger partial charge in [0.2, 0.25) is 0 Å². The fourth-order valence-corrected chi connectivity index (χ4v) is 1.37. The molecule has 0 saturated carbocycles. The van der Waals surface area contributed by atoms with Gasteiger partial charge in [-0.3, -0.25) is 0 Å². The molecule has 86 valence electrons. The summed E-state index contributed by atoms with van der Waals surface area (Å²) < 4.78 is 0. The normalized spacial score (nSPS) is 14.1. The van der Waals surface area contributed by atoms with Gasteiger partial charge in [0.15, 0.2) is 0 Å². The average molecular weight is 222 g/mol. The highest BCUT2D eigenvalue weighted by Gasteiger charge is 2.21. The zero-order valence-corrected chi connectivity index (χ0v) is 8.88. The van der Waals surface area contributed by atoms with E-state index in [4.69, 9.17) is 16.7 Å². The van der Waals surface area contributed by atoms with Crippen molar-refractivity contribution >= 4 is 11.5 Å². The van der Waals surface area contributed by atoms with E-state index in [9.17, 15) is 10.2 Å². The topological polar surface area (TPSA) is 129 Å². The second kappa shape index (κ2) is 4.79. The summed E-state index contributed by atoms with van der Waals surface area (Å²) in [5, 5.41) is 27.7. The Morgan fingerprint density at radius 1 is 1.50 bits per heavy atom. The molecule has 0 radical (unpaired) electrons. The van der Waals surface area contributed by atoms with Crippen LogP contribution in [0.3, 0.4) is 0 Å². The molecule has 0 fully saturated rings. The fraction of sp³-hybridized carbons (Fsp3) is 0.400. The van der Waals surface area contributed by atoms with E-state index in [-0.39, 0.29) is 17.9 Å². The minimum absolute atomic E-state index is 0.162. The maximum Gasteiger partial charge on any atom is 0.146 e. The number of hydrogen-bond donors (Lipinski definition) is 4. The molecule has 6 N–H and O–H groups in total. The summed E-state index contributed by atoms with van der Waals surface area (Å²) in [5.41, 5.74) is 12.2. The van der Waals surface area contributed by atoms with E-state index in [1.165, 1.54) is 6.07 Å². The lowest BCUT2D eigenvalue weighted by Crippen LogP contribution is -2.19. The smallest absolute Gasteiger partial charge is 0.146 e. The van der Waals surface area contributed by atoms with Gasteiger partial charge in [0.05, 0.1) is 24.3 Å². The Morgan fingerprint density at radius 3 is 2.69 bits per heavy atom. The summed E-state index contributed by atoms with van der Waals surface area (Å²) in [5.74, 6) is 0.184. The van der Waals surface area contributed by atoms with Gasteiger partial charge in [-0.1, -0.05) is 0 Å². The molecular weight excluding hydrogens is 208 g/mol.